The van der Waals surface area contributed by atoms with Crippen LogP contribution in [0.4, 0.5) is 0 Å². The van der Waals surface area contributed by atoms with E-state index >= 15 is 0 Å². The smallest absolute Gasteiger partial charge is 0.268 e. The minimum absolute atomic E-state index is 0.000738. The first kappa shape index (κ1) is 16.6. The molecule has 1 amide bonds. The van der Waals surface area contributed by atoms with E-state index in [2.05, 4.69) is 14.7 Å². The van der Waals surface area contributed by atoms with E-state index in [0.717, 1.165) is 24.8 Å². The van der Waals surface area contributed by atoms with Crippen LogP contribution in [0.5, 0.6) is 0 Å². The molecule has 0 unspecified atom stereocenters. The third kappa shape index (κ3) is 3.79. The molecule has 1 aliphatic carbocycles. The van der Waals surface area contributed by atoms with Gasteiger partial charge in [-0.1, -0.05) is 36.8 Å². The number of carbonyl (C=O) groups excluding carboxylic acids is 1. The van der Waals surface area contributed by atoms with E-state index in [4.69, 9.17) is 0 Å². The molecule has 1 aromatic heterocycles. The van der Waals surface area contributed by atoms with E-state index < -0.39 is 15.9 Å². The summed E-state index contributed by atoms with van der Waals surface area (Å²) in [6.07, 6.45) is 4.24. The van der Waals surface area contributed by atoms with Crippen LogP contribution in [0.2, 0.25) is 0 Å². The fraction of sp³-hybridized carbons (Fsp3) is 0.353. The predicted molar refractivity (Wildman–Crippen MR) is 90.8 cm³/mol. The number of sulfonamides is 1. The van der Waals surface area contributed by atoms with E-state index in [1.54, 1.807) is 6.92 Å². The fourth-order valence-electron chi connectivity index (χ4n) is 2.62. The van der Waals surface area contributed by atoms with Gasteiger partial charge in [0.25, 0.3) is 5.91 Å². The molecule has 2 aromatic rings. The first-order valence-electron chi connectivity index (χ1n) is 7.88. The molecule has 0 bridgehead atoms. The summed E-state index contributed by atoms with van der Waals surface area (Å²) in [5, 5.41) is 0. The SMILES string of the molecule is Cc1nc(-c2ccccc2)ncc1C(=O)NS(=O)(=O)CC1CCC1. The summed E-state index contributed by atoms with van der Waals surface area (Å²) in [6, 6.07) is 9.39. The summed E-state index contributed by atoms with van der Waals surface area (Å²) in [7, 11) is -3.62. The van der Waals surface area contributed by atoms with E-state index in [0.29, 0.717) is 11.5 Å². The summed E-state index contributed by atoms with van der Waals surface area (Å²) in [5.41, 5.74) is 1.46. The second-order valence-electron chi connectivity index (χ2n) is 6.07. The molecular formula is C17H19N3O3S. The molecule has 7 heteroatoms. The minimum Gasteiger partial charge on any atom is -0.268 e. The van der Waals surface area contributed by atoms with Crippen LogP contribution in [0.3, 0.4) is 0 Å². The van der Waals surface area contributed by atoms with Gasteiger partial charge in [0.05, 0.1) is 17.0 Å². The standard InChI is InChI=1S/C17H19N3O3S/c1-12-15(10-18-16(19-12)14-8-3-2-4-9-14)17(21)20-24(22,23)11-13-6-5-7-13/h2-4,8-10,13H,5-7,11H2,1H3,(H,20,21). The first-order valence-corrected chi connectivity index (χ1v) is 9.54. The Balaban J connectivity index is 1.75. The van der Waals surface area contributed by atoms with Crippen molar-refractivity contribution in [3.05, 3.63) is 47.8 Å². The highest BCUT2D eigenvalue weighted by Crippen LogP contribution is 2.27. The Morgan fingerprint density at radius 1 is 1.25 bits per heavy atom. The monoisotopic (exact) mass is 345 g/mol. The highest BCUT2D eigenvalue weighted by Gasteiger charge is 2.26. The van der Waals surface area contributed by atoms with Gasteiger partial charge in [0.2, 0.25) is 10.0 Å². The van der Waals surface area contributed by atoms with Gasteiger partial charge < -0.3 is 0 Å². The Morgan fingerprint density at radius 2 is 1.96 bits per heavy atom. The molecule has 126 valence electrons. The largest absolute Gasteiger partial charge is 0.268 e. The van der Waals surface area contributed by atoms with Crippen molar-refractivity contribution in [2.45, 2.75) is 26.2 Å². The molecule has 0 radical (unpaired) electrons. The van der Waals surface area contributed by atoms with E-state index in [9.17, 15) is 13.2 Å². The average molecular weight is 345 g/mol. The number of aryl methyl sites for hydroxylation is 1. The second kappa shape index (κ2) is 6.68. The number of carbonyl (C=O) groups is 1. The Morgan fingerprint density at radius 3 is 2.54 bits per heavy atom. The van der Waals surface area contributed by atoms with E-state index in [1.807, 2.05) is 30.3 Å². The Hall–Kier alpha value is -2.28. The lowest BCUT2D eigenvalue weighted by molar-refractivity contribution is 0.0980. The lowest BCUT2D eigenvalue weighted by Crippen LogP contribution is -2.36. The highest BCUT2D eigenvalue weighted by atomic mass is 32.2. The zero-order chi connectivity index (χ0) is 17.2. The van der Waals surface area contributed by atoms with Crippen LogP contribution in [0, 0.1) is 12.8 Å². The third-order valence-corrected chi connectivity index (χ3v) is 5.59. The molecule has 1 N–H and O–H groups in total. The molecule has 24 heavy (non-hydrogen) atoms. The maximum Gasteiger partial charge on any atom is 0.268 e. The van der Waals surface area contributed by atoms with Crippen molar-refractivity contribution in [2.75, 3.05) is 5.75 Å². The van der Waals surface area contributed by atoms with Crippen LogP contribution in [-0.2, 0) is 10.0 Å². The maximum absolute atomic E-state index is 12.2. The van der Waals surface area contributed by atoms with Crippen molar-refractivity contribution in [3.63, 3.8) is 0 Å². The zero-order valence-electron chi connectivity index (χ0n) is 13.4. The quantitative estimate of drug-likeness (QED) is 0.898. The van der Waals surface area contributed by atoms with Gasteiger partial charge in [0.1, 0.15) is 0 Å². The second-order valence-corrected chi connectivity index (χ2v) is 7.84. The summed E-state index contributed by atoms with van der Waals surface area (Å²) >= 11 is 0. The van der Waals surface area contributed by atoms with E-state index in [1.165, 1.54) is 6.20 Å². The van der Waals surface area contributed by atoms with Crippen molar-refractivity contribution in [1.82, 2.24) is 14.7 Å². The topological polar surface area (TPSA) is 89.0 Å². The van der Waals surface area contributed by atoms with Gasteiger partial charge in [-0.05, 0) is 25.7 Å². The number of hydrogen-bond acceptors (Lipinski definition) is 5. The van der Waals surface area contributed by atoms with Crippen molar-refractivity contribution < 1.29 is 13.2 Å². The molecule has 1 aromatic carbocycles. The number of nitrogens with zero attached hydrogens (tertiary/aromatic N) is 2. The molecular weight excluding hydrogens is 326 g/mol. The zero-order valence-corrected chi connectivity index (χ0v) is 14.2. The fourth-order valence-corrected chi connectivity index (χ4v) is 4.05. The van der Waals surface area contributed by atoms with Gasteiger partial charge >= 0.3 is 0 Å². The van der Waals surface area contributed by atoms with Gasteiger partial charge in [-0.15, -0.1) is 0 Å². The van der Waals surface area contributed by atoms with Crippen molar-refractivity contribution >= 4 is 15.9 Å². The maximum atomic E-state index is 12.2. The third-order valence-electron chi connectivity index (χ3n) is 4.18. The summed E-state index contributed by atoms with van der Waals surface area (Å²) in [5.74, 6) is -0.0117. The lowest BCUT2D eigenvalue weighted by Gasteiger charge is -2.24. The van der Waals surface area contributed by atoms with Gasteiger partial charge in [0, 0.05) is 11.8 Å². The number of benzene rings is 1. The molecule has 1 aliphatic rings. The molecule has 1 saturated carbocycles. The first-order chi connectivity index (χ1) is 11.4. The minimum atomic E-state index is -3.62. The average Bonchev–Trinajstić information content (AvgIpc) is 2.51. The Labute approximate surface area is 141 Å². The molecule has 0 atom stereocenters. The highest BCUT2D eigenvalue weighted by molar-refractivity contribution is 7.90. The molecule has 3 rings (SSSR count). The van der Waals surface area contributed by atoms with Gasteiger partial charge in [-0.25, -0.2) is 23.1 Å². The predicted octanol–water partition coefficient (Wildman–Crippen LogP) is 2.31. The summed E-state index contributed by atoms with van der Waals surface area (Å²) < 4.78 is 26.2. The summed E-state index contributed by atoms with van der Waals surface area (Å²) in [4.78, 5) is 20.7. The molecule has 0 spiro atoms. The van der Waals surface area contributed by atoms with Crippen LogP contribution < -0.4 is 4.72 Å². The number of rotatable bonds is 5. The van der Waals surface area contributed by atoms with Crippen LogP contribution in [0.25, 0.3) is 11.4 Å². The van der Waals surface area contributed by atoms with Crippen LogP contribution in [0.1, 0.15) is 35.3 Å². The number of hydrogen-bond donors (Lipinski definition) is 1. The Kier molecular flexibility index (Phi) is 4.62. The summed E-state index contributed by atoms with van der Waals surface area (Å²) in [6.45, 7) is 1.67. The van der Waals surface area contributed by atoms with Gasteiger partial charge in [0.15, 0.2) is 5.82 Å². The molecule has 0 saturated heterocycles. The van der Waals surface area contributed by atoms with Crippen molar-refractivity contribution in [3.8, 4) is 11.4 Å². The van der Waals surface area contributed by atoms with Crippen LogP contribution in [0.15, 0.2) is 36.5 Å². The van der Waals surface area contributed by atoms with Crippen LogP contribution in [-0.4, -0.2) is 30.0 Å². The molecule has 1 fully saturated rings. The Bertz CT molecular complexity index is 847. The van der Waals surface area contributed by atoms with Crippen molar-refractivity contribution in [2.24, 2.45) is 5.92 Å². The van der Waals surface area contributed by atoms with E-state index in [-0.39, 0.29) is 17.2 Å². The molecule has 1 heterocycles. The van der Waals surface area contributed by atoms with Gasteiger partial charge in [-0.3, -0.25) is 4.79 Å². The molecule has 6 nitrogen and oxygen atoms in total. The number of aromatic nitrogens is 2. The number of nitrogens with one attached hydrogen (secondary N) is 1. The normalized spacial score (nSPS) is 14.9. The van der Waals surface area contributed by atoms with Crippen LogP contribution >= 0.6 is 0 Å². The van der Waals surface area contributed by atoms with Gasteiger partial charge in [-0.2, -0.15) is 0 Å². The number of amides is 1. The lowest BCUT2D eigenvalue weighted by atomic mass is 9.87. The molecule has 0 aliphatic heterocycles. The van der Waals surface area contributed by atoms with Crippen molar-refractivity contribution in [1.29, 1.82) is 0 Å².